The fraction of sp³-hybridized carbons (Fsp3) is 0.211. The number of benzene rings is 7. The van der Waals surface area contributed by atoms with Gasteiger partial charge in [-0.15, -0.1) is 16.8 Å². The van der Waals surface area contributed by atoms with Gasteiger partial charge in [-0.05, 0) is 68.8 Å². The summed E-state index contributed by atoms with van der Waals surface area (Å²) in [6.07, 6.45) is 3.76. The summed E-state index contributed by atoms with van der Waals surface area (Å²) in [5.74, 6) is 1.22. The Bertz CT molecular complexity index is 3440. The second kappa shape index (κ2) is 15.2. The van der Waals surface area contributed by atoms with Crippen molar-refractivity contribution >= 4 is 76.2 Å². The molecule has 12 aromatic rings. The summed E-state index contributed by atoms with van der Waals surface area (Å²) >= 11 is 0. The van der Waals surface area contributed by atoms with E-state index in [-0.39, 0.29) is 34.7 Å². The van der Waals surface area contributed by atoms with Crippen molar-refractivity contribution in [3.63, 3.8) is 0 Å². The minimum Gasteiger partial charge on any atom is -0.333 e. The molecule has 0 aliphatic rings. The summed E-state index contributed by atoms with van der Waals surface area (Å²) in [5.41, 5.74) is 14.2. The third-order valence-corrected chi connectivity index (χ3v) is 13.1. The Labute approximate surface area is 382 Å². The van der Waals surface area contributed by atoms with Crippen LogP contribution in [0.15, 0.2) is 140 Å². The van der Waals surface area contributed by atoms with Crippen LogP contribution in [0.4, 0.5) is 0 Å². The van der Waals surface area contributed by atoms with E-state index in [0.717, 1.165) is 22.4 Å². The van der Waals surface area contributed by atoms with Crippen LogP contribution in [0, 0.1) is 12.4 Å². The number of hydrogen-bond acceptors (Lipinski definition) is 0. The van der Waals surface area contributed by atoms with E-state index in [1.54, 1.807) is 9.13 Å². The van der Waals surface area contributed by atoms with E-state index in [0.29, 0.717) is 23.7 Å². The summed E-state index contributed by atoms with van der Waals surface area (Å²) in [6.45, 7) is 17.4. The number of para-hydroxylation sites is 6. The number of rotatable bonds is 6. The van der Waals surface area contributed by atoms with Crippen molar-refractivity contribution in [2.45, 2.75) is 79.1 Å². The van der Waals surface area contributed by atoms with E-state index in [9.17, 15) is 0 Å². The average molecular weight is 991 g/mol. The number of aromatic nitrogens is 4. The van der Waals surface area contributed by atoms with Crippen LogP contribution in [0.3, 0.4) is 0 Å². The van der Waals surface area contributed by atoms with Gasteiger partial charge in [0.2, 0.25) is 0 Å². The van der Waals surface area contributed by atoms with Crippen LogP contribution in [0.1, 0.15) is 104 Å². The molecule has 0 aliphatic carbocycles. The zero-order chi connectivity index (χ0) is 43.6. The molecule has 0 aliphatic heterocycles. The molecule has 311 valence electrons. The SMILES string of the molecule is [2H]c1c([2H])[n+](-c2c(C(C)C)cccc2C(C)C)[c-]n1-c1c(C(C)C)cccc1C(C)C.[Au].[c-]1c2c(cc3c4cccc5c6ccccc6n(c13)c45)c1cccc3c4ccccc4n2c13. The molecule has 0 amide bonds. The zero-order valence-electron chi connectivity index (χ0n) is 38.5. The normalized spacial score (nSPS) is 12.8. The molecule has 0 spiro atoms. The van der Waals surface area contributed by atoms with E-state index >= 15 is 0 Å². The quantitative estimate of drug-likeness (QED) is 0.0898. The fourth-order valence-electron chi connectivity index (χ4n) is 10.2. The van der Waals surface area contributed by atoms with Gasteiger partial charge in [-0.2, -0.15) is 6.07 Å². The van der Waals surface area contributed by atoms with Crippen LogP contribution < -0.4 is 4.57 Å². The van der Waals surface area contributed by atoms with Gasteiger partial charge in [0.1, 0.15) is 0 Å². The molecule has 0 unspecified atom stereocenters. The second-order valence-electron chi connectivity index (χ2n) is 18.1. The summed E-state index contributed by atoms with van der Waals surface area (Å²) < 4.78 is 26.2. The van der Waals surface area contributed by atoms with E-state index in [1.165, 1.54) is 87.4 Å². The standard InChI is InChI=1S/C30H15N2.C27H36N2.Au/c1-3-13-25-17(7-1)19-9-5-11-21-23-15-24-22-12-6-10-20-18-8-2-4-14-26(18)32(30(20)22)28(24)16-27(23)31(25)29(19)21;1-18(2)22-11-9-12-23(19(3)4)26(22)28-15-16-29(17-28)27-24(20(5)6)13-10-14-25(27)21(7)8;/h1-15H;9-16,18-21H,1-8H3;/q-1;;/i;15D,16D;. The van der Waals surface area contributed by atoms with E-state index in [1.807, 2.05) is 0 Å². The molecule has 0 fully saturated rings. The number of imidazole rings is 1. The first-order valence-corrected chi connectivity index (χ1v) is 21.9. The summed E-state index contributed by atoms with van der Waals surface area (Å²) in [6, 6.07) is 49.9. The minimum atomic E-state index is 0. The molecule has 0 saturated carbocycles. The van der Waals surface area contributed by atoms with Crippen molar-refractivity contribution in [1.82, 2.24) is 13.4 Å². The number of nitrogens with zero attached hydrogens (tertiary/aromatic N) is 4. The van der Waals surface area contributed by atoms with Crippen LogP contribution in [0.5, 0.6) is 0 Å². The Balaban J connectivity index is 0.000000149. The number of hydrogen-bond donors (Lipinski definition) is 0. The summed E-state index contributed by atoms with van der Waals surface area (Å²) in [5, 5.41) is 10.4. The fourth-order valence-corrected chi connectivity index (χ4v) is 10.2. The Morgan fingerprint density at radius 3 is 1.31 bits per heavy atom. The van der Waals surface area contributed by atoms with E-state index in [2.05, 4.69) is 204 Å². The first-order valence-electron chi connectivity index (χ1n) is 22.9. The topological polar surface area (TPSA) is 17.6 Å². The third kappa shape index (κ3) is 5.88. The second-order valence-corrected chi connectivity index (χ2v) is 18.1. The molecular formula is C57H51AuN4-. The smallest absolute Gasteiger partial charge is 0.268 e. The minimum absolute atomic E-state index is 0. The van der Waals surface area contributed by atoms with E-state index < -0.39 is 0 Å². The molecule has 1 radical (unpaired) electrons. The van der Waals surface area contributed by atoms with Gasteiger partial charge in [-0.1, -0.05) is 176 Å². The van der Waals surface area contributed by atoms with Crippen LogP contribution >= 0.6 is 0 Å². The molecule has 5 heterocycles. The molecule has 5 heteroatoms. The predicted molar refractivity (Wildman–Crippen MR) is 257 cm³/mol. The van der Waals surface area contributed by atoms with Gasteiger partial charge in [-0.25, -0.2) is 0 Å². The largest absolute Gasteiger partial charge is 0.333 e. The van der Waals surface area contributed by atoms with Crippen LogP contribution in [0.2, 0.25) is 0 Å². The first kappa shape index (κ1) is 37.8. The van der Waals surface area contributed by atoms with Crippen molar-refractivity contribution in [3.05, 3.63) is 174 Å². The Morgan fingerprint density at radius 1 is 0.468 bits per heavy atom. The molecule has 4 nitrogen and oxygen atoms in total. The van der Waals surface area contributed by atoms with Crippen molar-refractivity contribution in [2.24, 2.45) is 0 Å². The van der Waals surface area contributed by atoms with Gasteiger partial charge in [0, 0.05) is 67.3 Å². The van der Waals surface area contributed by atoms with Crippen molar-refractivity contribution in [2.75, 3.05) is 0 Å². The molecule has 7 aromatic carbocycles. The maximum Gasteiger partial charge on any atom is 0.268 e. The monoisotopic (exact) mass is 990 g/mol. The molecule has 0 saturated heterocycles. The van der Waals surface area contributed by atoms with Gasteiger partial charge in [0.25, 0.3) is 6.33 Å². The molecule has 5 aromatic heterocycles. The Kier molecular flexibility index (Phi) is 9.25. The van der Waals surface area contributed by atoms with Gasteiger partial charge >= 0.3 is 0 Å². The summed E-state index contributed by atoms with van der Waals surface area (Å²) in [7, 11) is 0. The van der Waals surface area contributed by atoms with Crippen molar-refractivity contribution in [1.29, 1.82) is 0 Å². The molecule has 0 bridgehead atoms. The predicted octanol–water partition coefficient (Wildman–Crippen LogP) is 14.8. The van der Waals surface area contributed by atoms with Crippen molar-refractivity contribution < 1.29 is 29.7 Å². The average Bonchev–Trinajstić information content (AvgIpc) is 4.07. The zero-order valence-corrected chi connectivity index (χ0v) is 38.7. The molecule has 0 N–H and O–H groups in total. The van der Waals surface area contributed by atoms with Gasteiger partial charge in [0.15, 0.2) is 0 Å². The van der Waals surface area contributed by atoms with Crippen LogP contribution in [0.25, 0.3) is 87.6 Å². The maximum absolute atomic E-state index is 8.86. The van der Waals surface area contributed by atoms with Gasteiger partial charge in [-0.3, -0.25) is 9.13 Å². The van der Waals surface area contributed by atoms with Gasteiger partial charge in [0.05, 0.1) is 25.1 Å². The first-order chi connectivity index (χ1) is 30.5. The maximum atomic E-state index is 8.86. The van der Waals surface area contributed by atoms with Gasteiger partial charge < -0.3 is 8.80 Å². The van der Waals surface area contributed by atoms with E-state index in [4.69, 9.17) is 2.74 Å². The molecule has 12 rings (SSSR count). The number of fused-ring (bicyclic) bond motifs is 12. The third-order valence-electron chi connectivity index (χ3n) is 13.1. The Hall–Kier alpha value is -5.91. The van der Waals surface area contributed by atoms with Crippen molar-refractivity contribution in [3.8, 4) is 11.4 Å². The summed E-state index contributed by atoms with van der Waals surface area (Å²) in [4.78, 5) is 0. The molecule has 0 atom stereocenters. The molecular weight excluding hydrogens is 938 g/mol. The molecule has 62 heavy (non-hydrogen) atoms. The van der Waals surface area contributed by atoms with Crippen LogP contribution in [-0.2, 0) is 22.4 Å². The Morgan fingerprint density at radius 2 is 0.855 bits per heavy atom. The van der Waals surface area contributed by atoms with Crippen LogP contribution in [-0.4, -0.2) is 13.4 Å².